The van der Waals surface area contributed by atoms with Crippen LogP contribution in [0.3, 0.4) is 0 Å². The topological polar surface area (TPSA) is 55.8 Å². The molecule has 2 aliphatic rings. The van der Waals surface area contributed by atoms with E-state index in [1.807, 2.05) is 61.2 Å². The molecule has 5 heteroatoms. The molecule has 2 aromatic rings. The molecule has 30 heavy (non-hydrogen) atoms. The Morgan fingerprint density at radius 3 is 2.60 bits per heavy atom. The molecule has 1 spiro atoms. The van der Waals surface area contributed by atoms with Crippen molar-refractivity contribution in [2.45, 2.75) is 51.6 Å². The van der Waals surface area contributed by atoms with Crippen LogP contribution in [0.1, 0.15) is 53.6 Å². The summed E-state index contributed by atoms with van der Waals surface area (Å²) in [6.07, 6.45) is 2.95. The highest BCUT2D eigenvalue weighted by Crippen LogP contribution is 2.41. The monoisotopic (exact) mass is 407 g/mol. The summed E-state index contributed by atoms with van der Waals surface area (Å²) in [7, 11) is 0. The standard InChI is InChI=1S/C25H29NO4/c1-18-15-19(2)24-21(27)17-25(30-22(24)16-18)10-12-26(13-11-25)23(28)9-6-14-29-20-7-4-3-5-8-20/h3-5,7-8,15-16H,6,9-14,17H2,1-2H3. The molecule has 0 radical (unpaired) electrons. The second kappa shape index (κ2) is 8.50. The third kappa shape index (κ3) is 4.35. The first-order valence-electron chi connectivity index (χ1n) is 10.7. The number of amides is 1. The SMILES string of the molecule is Cc1cc(C)c2c(c1)OC1(CCN(C(=O)CCCOc3ccccc3)CC1)CC2=O. The molecule has 0 aromatic heterocycles. The van der Waals surface area contributed by atoms with Crippen molar-refractivity contribution in [3.8, 4) is 11.5 Å². The minimum Gasteiger partial charge on any atom is -0.494 e. The molecule has 0 aliphatic carbocycles. The Morgan fingerprint density at radius 1 is 1.13 bits per heavy atom. The summed E-state index contributed by atoms with van der Waals surface area (Å²) < 4.78 is 12.1. The fraction of sp³-hybridized carbons (Fsp3) is 0.440. The third-order valence-electron chi connectivity index (χ3n) is 6.11. The van der Waals surface area contributed by atoms with E-state index in [1.54, 1.807) is 0 Å². The summed E-state index contributed by atoms with van der Waals surface area (Å²) in [5, 5.41) is 0. The minimum absolute atomic E-state index is 0.149. The number of para-hydroxylation sites is 1. The first kappa shape index (κ1) is 20.5. The lowest BCUT2D eigenvalue weighted by atomic mass is 9.81. The smallest absolute Gasteiger partial charge is 0.222 e. The number of carbonyl (C=O) groups is 2. The van der Waals surface area contributed by atoms with Crippen LogP contribution in [0.15, 0.2) is 42.5 Å². The van der Waals surface area contributed by atoms with E-state index in [-0.39, 0.29) is 11.7 Å². The van der Waals surface area contributed by atoms with Crippen LogP contribution in [0.5, 0.6) is 11.5 Å². The molecule has 1 fully saturated rings. The highest BCUT2D eigenvalue weighted by atomic mass is 16.5. The normalized spacial score (nSPS) is 17.4. The first-order chi connectivity index (χ1) is 14.5. The van der Waals surface area contributed by atoms with E-state index in [0.717, 1.165) is 22.4 Å². The molecular weight excluding hydrogens is 378 g/mol. The number of carbonyl (C=O) groups excluding carboxylic acids is 2. The van der Waals surface area contributed by atoms with Gasteiger partial charge in [-0.1, -0.05) is 24.3 Å². The predicted molar refractivity (Wildman–Crippen MR) is 115 cm³/mol. The van der Waals surface area contributed by atoms with Crippen LogP contribution in [0.4, 0.5) is 0 Å². The van der Waals surface area contributed by atoms with E-state index in [2.05, 4.69) is 0 Å². The molecule has 0 N–H and O–H groups in total. The summed E-state index contributed by atoms with van der Waals surface area (Å²) in [6.45, 7) is 5.78. The zero-order chi connectivity index (χ0) is 21.1. The molecule has 0 unspecified atom stereocenters. The highest BCUT2D eigenvalue weighted by Gasteiger charge is 2.44. The van der Waals surface area contributed by atoms with Crippen LogP contribution in [0.25, 0.3) is 0 Å². The van der Waals surface area contributed by atoms with Crippen LogP contribution >= 0.6 is 0 Å². The fourth-order valence-electron chi connectivity index (χ4n) is 4.55. The molecule has 0 saturated carbocycles. The van der Waals surface area contributed by atoms with Crippen molar-refractivity contribution < 1.29 is 19.1 Å². The number of benzene rings is 2. The van der Waals surface area contributed by atoms with Crippen LogP contribution < -0.4 is 9.47 Å². The molecular formula is C25H29NO4. The second-order valence-corrected chi connectivity index (χ2v) is 8.49. The van der Waals surface area contributed by atoms with E-state index in [9.17, 15) is 9.59 Å². The summed E-state index contributed by atoms with van der Waals surface area (Å²) in [4.78, 5) is 27.3. The van der Waals surface area contributed by atoms with Crippen molar-refractivity contribution >= 4 is 11.7 Å². The van der Waals surface area contributed by atoms with Gasteiger partial charge in [-0.3, -0.25) is 9.59 Å². The molecule has 2 heterocycles. The van der Waals surface area contributed by atoms with E-state index in [1.165, 1.54) is 0 Å². The summed E-state index contributed by atoms with van der Waals surface area (Å²) >= 11 is 0. The van der Waals surface area contributed by atoms with Gasteiger partial charge in [0.2, 0.25) is 5.91 Å². The van der Waals surface area contributed by atoms with Crippen LogP contribution in [-0.2, 0) is 4.79 Å². The maximum absolute atomic E-state index is 12.8. The number of nitrogens with zero attached hydrogens (tertiary/aromatic N) is 1. The van der Waals surface area contributed by atoms with Gasteiger partial charge in [0.25, 0.3) is 0 Å². The Balaban J connectivity index is 1.29. The Kier molecular flexibility index (Phi) is 5.80. The fourth-order valence-corrected chi connectivity index (χ4v) is 4.55. The first-order valence-corrected chi connectivity index (χ1v) is 10.7. The Bertz CT molecular complexity index is 930. The number of piperidine rings is 1. The maximum atomic E-state index is 12.8. The van der Waals surface area contributed by atoms with Crippen molar-refractivity contribution in [3.63, 3.8) is 0 Å². The number of likely N-dealkylation sites (tertiary alicyclic amines) is 1. The van der Waals surface area contributed by atoms with Gasteiger partial charge in [-0.25, -0.2) is 0 Å². The zero-order valence-electron chi connectivity index (χ0n) is 17.8. The summed E-state index contributed by atoms with van der Waals surface area (Å²) in [5.41, 5.74) is 2.33. The number of rotatable bonds is 5. The number of hydrogen-bond donors (Lipinski definition) is 0. The number of ether oxygens (including phenoxy) is 2. The van der Waals surface area contributed by atoms with Gasteiger partial charge in [-0.2, -0.15) is 0 Å². The second-order valence-electron chi connectivity index (χ2n) is 8.49. The molecule has 2 aliphatic heterocycles. The predicted octanol–water partition coefficient (Wildman–Crippen LogP) is 4.49. The summed E-state index contributed by atoms with van der Waals surface area (Å²) in [5.74, 6) is 1.85. The Hall–Kier alpha value is -2.82. The zero-order valence-corrected chi connectivity index (χ0v) is 17.8. The van der Waals surface area contributed by atoms with E-state index < -0.39 is 5.60 Å². The average molecular weight is 408 g/mol. The van der Waals surface area contributed by atoms with Crippen LogP contribution in [0, 0.1) is 13.8 Å². The Morgan fingerprint density at radius 2 is 1.87 bits per heavy atom. The van der Waals surface area contributed by atoms with Gasteiger partial charge in [-0.05, 0) is 49.6 Å². The quantitative estimate of drug-likeness (QED) is 0.686. The Labute approximate surface area is 178 Å². The largest absolute Gasteiger partial charge is 0.494 e. The van der Waals surface area contributed by atoms with Gasteiger partial charge in [0, 0.05) is 32.4 Å². The van der Waals surface area contributed by atoms with Crippen LogP contribution in [0.2, 0.25) is 0 Å². The molecule has 0 bridgehead atoms. The van der Waals surface area contributed by atoms with E-state index >= 15 is 0 Å². The van der Waals surface area contributed by atoms with Crippen molar-refractivity contribution in [3.05, 3.63) is 59.2 Å². The van der Waals surface area contributed by atoms with Gasteiger partial charge < -0.3 is 14.4 Å². The maximum Gasteiger partial charge on any atom is 0.222 e. The van der Waals surface area contributed by atoms with Gasteiger partial charge in [0.1, 0.15) is 17.1 Å². The lowest BCUT2D eigenvalue weighted by molar-refractivity contribution is -0.135. The van der Waals surface area contributed by atoms with Crippen molar-refractivity contribution in [2.75, 3.05) is 19.7 Å². The molecule has 2 aromatic carbocycles. The lowest BCUT2D eigenvalue weighted by Crippen LogP contribution is -2.52. The number of ketones is 1. The molecule has 158 valence electrons. The number of Topliss-reactive ketones (excluding diaryl/α,β-unsaturated/α-hetero) is 1. The van der Waals surface area contributed by atoms with Crippen LogP contribution in [-0.4, -0.2) is 41.9 Å². The molecule has 1 saturated heterocycles. The minimum atomic E-state index is -0.475. The van der Waals surface area contributed by atoms with E-state index in [0.29, 0.717) is 57.6 Å². The molecule has 0 atom stereocenters. The number of fused-ring (bicyclic) bond motifs is 1. The average Bonchev–Trinajstić information content (AvgIpc) is 2.71. The summed E-state index contributed by atoms with van der Waals surface area (Å²) in [6, 6.07) is 13.6. The van der Waals surface area contributed by atoms with Gasteiger partial charge >= 0.3 is 0 Å². The van der Waals surface area contributed by atoms with Gasteiger partial charge in [-0.15, -0.1) is 0 Å². The number of aryl methyl sites for hydroxylation is 2. The lowest BCUT2D eigenvalue weighted by Gasteiger charge is -2.44. The molecule has 4 rings (SSSR count). The van der Waals surface area contributed by atoms with E-state index in [4.69, 9.17) is 9.47 Å². The van der Waals surface area contributed by atoms with Crippen molar-refractivity contribution in [2.24, 2.45) is 0 Å². The van der Waals surface area contributed by atoms with Gasteiger partial charge in [0.15, 0.2) is 5.78 Å². The van der Waals surface area contributed by atoms with Crippen molar-refractivity contribution in [1.29, 1.82) is 0 Å². The molecule has 5 nitrogen and oxygen atoms in total. The van der Waals surface area contributed by atoms with Gasteiger partial charge in [0.05, 0.1) is 18.6 Å². The highest BCUT2D eigenvalue weighted by molar-refractivity contribution is 6.01. The third-order valence-corrected chi connectivity index (χ3v) is 6.11. The number of hydrogen-bond acceptors (Lipinski definition) is 4. The molecule has 1 amide bonds. The van der Waals surface area contributed by atoms with Crippen molar-refractivity contribution in [1.82, 2.24) is 4.90 Å².